The average molecular weight is 287 g/mol. The van der Waals surface area contributed by atoms with Gasteiger partial charge in [0.15, 0.2) is 11.5 Å². The van der Waals surface area contributed by atoms with Crippen LogP contribution >= 0.6 is 11.6 Å². The Morgan fingerprint density at radius 2 is 2.16 bits per heavy atom. The van der Waals surface area contributed by atoms with Gasteiger partial charge in [-0.3, -0.25) is 4.79 Å². The summed E-state index contributed by atoms with van der Waals surface area (Å²) in [5, 5.41) is 0.430. The Kier molecular flexibility index (Phi) is 5.92. The monoisotopic (exact) mass is 286 g/mol. The molecular formula is C13H19ClN2O3. The quantitative estimate of drug-likeness (QED) is 0.792. The van der Waals surface area contributed by atoms with Crippen molar-refractivity contribution < 1.29 is 14.3 Å². The number of hydrogen-bond acceptors (Lipinski definition) is 4. The van der Waals surface area contributed by atoms with Gasteiger partial charge in [0, 0.05) is 0 Å². The molecule has 0 aliphatic rings. The molecule has 0 bridgehead atoms. The van der Waals surface area contributed by atoms with Gasteiger partial charge in [0.1, 0.15) is 0 Å². The van der Waals surface area contributed by atoms with Crippen LogP contribution in [0, 0.1) is 5.92 Å². The Morgan fingerprint density at radius 3 is 2.68 bits per heavy atom. The van der Waals surface area contributed by atoms with Crippen LogP contribution in [0.15, 0.2) is 12.1 Å². The highest BCUT2D eigenvalue weighted by Crippen LogP contribution is 2.36. The summed E-state index contributed by atoms with van der Waals surface area (Å²) in [6.45, 7) is 2.37. The van der Waals surface area contributed by atoms with E-state index in [0.29, 0.717) is 29.5 Å². The fourth-order valence-electron chi connectivity index (χ4n) is 1.51. The van der Waals surface area contributed by atoms with Gasteiger partial charge in [0.2, 0.25) is 5.91 Å². The number of benzene rings is 1. The largest absolute Gasteiger partial charge is 0.493 e. The fourth-order valence-corrected chi connectivity index (χ4v) is 1.80. The molecule has 5 nitrogen and oxygen atoms in total. The lowest BCUT2D eigenvalue weighted by molar-refractivity contribution is -0.122. The van der Waals surface area contributed by atoms with Crippen molar-refractivity contribution in [2.75, 3.05) is 20.3 Å². The Bertz CT molecular complexity index is 452. The van der Waals surface area contributed by atoms with Crippen molar-refractivity contribution in [2.24, 2.45) is 17.4 Å². The number of methoxy groups -OCH3 is 1. The van der Waals surface area contributed by atoms with Crippen molar-refractivity contribution in [1.29, 1.82) is 0 Å². The van der Waals surface area contributed by atoms with Crippen LogP contribution in [-0.2, 0) is 11.2 Å². The van der Waals surface area contributed by atoms with E-state index in [9.17, 15) is 4.79 Å². The second kappa shape index (κ2) is 7.21. The van der Waals surface area contributed by atoms with E-state index in [-0.39, 0.29) is 6.61 Å². The summed E-state index contributed by atoms with van der Waals surface area (Å²) in [6, 6.07) is 3.60. The summed E-state index contributed by atoms with van der Waals surface area (Å²) in [6.07, 6.45) is 0.702. The van der Waals surface area contributed by atoms with Crippen LogP contribution in [0.2, 0.25) is 5.02 Å². The number of nitrogens with two attached hydrogens (primary N) is 2. The molecule has 6 heteroatoms. The average Bonchev–Trinajstić information content (AvgIpc) is 2.36. The molecule has 4 N–H and O–H groups in total. The van der Waals surface area contributed by atoms with Crippen molar-refractivity contribution >= 4 is 17.5 Å². The van der Waals surface area contributed by atoms with Gasteiger partial charge >= 0.3 is 0 Å². The van der Waals surface area contributed by atoms with Crippen LogP contribution in [0.25, 0.3) is 0 Å². The molecule has 0 fully saturated rings. The van der Waals surface area contributed by atoms with E-state index < -0.39 is 11.8 Å². The Morgan fingerprint density at radius 1 is 1.47 bits per heavy atom. The van der Waals surface area contributed by atoms with Crippen molar-refractivity contribution in [3.8, 4) is 11.5 Å². The molecule has 0 radical (unpaired) electrons. The first-order chi connectivity index (χ1) is 8.99. The molecule has 1 aromatic carbocycles. The fraction of sp³-hybridized carbons (Fsp3) is 0.462. The minimum absolute atomic E-state index is 0.154. The smallest absolute Gasteiger partial charge is 0.223 e. The third-order valence-electron chi connectivity index (χ3n) is 2.69. The Hall–Kier alpha value is -1.46. The highest BCUT2D eigenvalue weighted by Gasteiger charge is 2.15. The zero-order valence-corrected chi connectivity index (χ0v) is 11.9. The normalized spacial score (nSPS) is 12.0. The molecule has 0 aliphatic carbocycles. The van der Waals surface area contributed by atoms with Gasteiger partial charge < -0.3 is 20.9 Å². The Balaban J connectivity index is 2.90. The first-order valence-corrected chi connectivity index (χ1v) is 6.36. The van der Waals surface area contributed by atoms with E-state index in [1.807, 2.05) is 6.07 Å². The lowest BCUT2D eigenvalue weighted by Crippen LogP contribution is -2.25. The maximum Gasteiger partial charge on any atom is 0.223 e. The predicted octanol–water partition coefficient (Wildman–Crippen LogP) is 1.35. The predicted molar refractivity (Wildman–Crippen MR) is 74.6 cm³/mol. The van der Waals surface area contributed by atoms with Gasteiger partial charge in [0.05, 0.1) is 24.7 Å². The first-order valence-electron chi connectivity index (χ1n) is 5.98. The van der Waals surface area contributed by atoms with Crippen LogP contribution in [0.1, 0.15) is 12.5 Å². The summed E-state index contributed by atoms with van der Waals surface area (Å²) in [5.74, 6) is 0.116. The van der Waals surface area contributed by atoms with Crippen molar-refractivity contribution in [1.82, 2.24) is 0 Å². The van der Waals surface area contributed by atoms with Gasteiger partial charge in [-0.15, -0.1) is 0 Å². The molecule has 1 rings (SSSR count). The third kappa shape index (κ3) is 4.29. The molecule has 0 aromatic heterocycles. The lowest BCUT2D eigenvalue weighted by atomic mass is 10.1. The van der Waals surface area contributed by atoms with E-state index in [4.69, 9.17) is 32.5 Å². The molecule has 1 atom stereocenters. The van der Waals surface area contributed by atoms with Gasteiger partial charge in [0.25, 0.3) is 0 Å². The van der Waals surface area contributed by atoms with Crippen LogP contribution in [0.4, 0.5) is 0 Å². The van der Waals surface area contributed by atoms with E-state index >= 15 is 0 Å². The standard InChI is InChI=1S/C13H19ClN2O3/c1-8(13(16)17)7-19-12-10(14)5-9(3-4-15)6-11(12)18-2/h5-6,8H,3-4,7,15H2,1-2H3,(H2,16,17). The molecule has 106 valence electrons. The summed E-state index contributed by atoms with van der Waals surface area (Å²) in [7, 11) is 1.53. The SMILES string of the molecule is COc1cc(CCN)cc(Cl)c1OCC(C)C(N)=O. The molecule has 0 saturated carbocycles. The van der Waals surface area contributed by atoms with Crippen molar-refractivity contribution in [3.63, 3.8) is 0 Å². The van der Waals surface area contributed by atoms with Gasteiger partial charge in [-0.25, -0.2) is 0 Å². The Labute approximate surface area is 117 Å². The molecule has 0 spiro atoms. The van der Waals surface area contributed by atoms with Crippen LogP contribution < -0.4 is 20.9 Å². The molecule has 1 aromatic rings. The van der Waals surface area contributed by atoms with E-state index in [2.05, 4.69) is 0 Å². The number of primary amides is 1. The number of rotatable bonds is 7. The zero-order valence-electron chi connectivity index (χ0n) is 11.1. The molecule has 0 saturated heterocycles. The molecule has 19 heavy (non-hydrogen) atoms. The van der Waals surface area contributed by atoms with E-state index in [1.54, 1.807) is 13.0 Å². The zero-order chi connectivity index (χ0) is 14.4. The van der Waals surface area contributed by atoms with Crippen molar-refractivity contribution in [3.05, 3.63) is 22.7 Å². The molecular weight excluding hydrogens is 268 g/mol. The molecule has 1 amide bonds. The number of carbonyl (C=O) groups excluding carboxylic acids is 1. The molecule has 0 heterocycles. The van der Waals surface area contributed by atoms with Crippen molar-refractivity contribution in [2.45, 2.75) is 13.3 Å². The number of ether oxygens (including phenoxy) is 2. The highest BCUT2D eigenvalue weighted by atomic mass is 35.5. The maximum absolute atomic E-state index is 11.0. The van der Waals surface area contributed by atoms with Crippen LogP contribution in [0.3, 0.4) is 0 Å². The van der Waals surface area contributed by atoms with E-state index in [1.165, 1.54) is 7.11 Å². The topological polar surface area (TPSA) is 87.6 Å². The summed E-state index contributed by atoms with van der Waals surface area (Å²) >= 11 is 6.15. The second-order valence-corrected chi connectivity index (χ2v) is 4.67. The summed E-state index contributed by atoms with van der Waals surface area (Å²) in [5.41, 5.74) is 11.7. The molecule has 1 unspecified atom stereocenters. The highest BCUT2D eigenvalue weighted by molar-refractivity contribution is 6.32. The number of hydrogen-bond donors (Lipinski definition) is 2. The van der Waals surface area contributed by atoms with Crippen LogP contribution in [-0.4, -0.2) is 26.2 Å². The first kappa shape index (κ1) is 15.6. The number of amides is 1. The summed E-state index contributed by atoms with van der Waals surface area (Å²) < 4.78 is 10.8. The minimum Gasteiger partial charge on any atom is -0.493 e. The maximum atomic E-state index is 11.0. The molecule has 0 aliphatic heterocycles. The van der Waals surface area contributed by atoms with Crippen LogP contribution in [0.5, 0.6) is 11.5 Å². The third-order valence-corrected chi connectivity index (χ3v) is 2.97. The van der Waals surface area contributed by atoms with Gasteiger partial charge in [-0.2, -0.15) is 0 Å². The second-order valence-electron chi connectivity index (χ2n) is 4.26. The lowest BCUT2D eigenvalue weighted by Gasteiger charge is -2.15. The summed E-state index contributed by atoms with van der Waals surface area (Å²) in [4.78, 5) is 11.0. The van der Waals surface area contributed by atoms with Gasteiger partial charge in [-0.1, -0.05) is 18.5 Å². The minimum atomic E-state index is -0.421. The number of halogens is 1. The van der Waals surface area contributed by atoms with E-state index in [0.717, 1.165) is 5.56 Å². The van der Waals surface area contributed by atoms with Gasteiger partial charge in [-0.05, 0) is 30.7 Å². The number of carbonyl (C=O) groups is 1.